The maximum absolute atomic E-state index is 14.2. The molecule has 0 unspecified atom stereocenters. The maximum Gasteiger partial charge on any atom is 0.261 e. The Balaban J connectivity index is 1.96. The van der Waals surface area contributed by atoms with Crippen LogP contribution in [0.2, 0.25) is 5.02 Å². The standard InChI is InChI=1S/C19H14ClFN2O3/c1-10(24)12-6-8-13(9-7-12)22-19(25)16-11(2)26-23-18(16)17-14(20)4-3-5-15(17)21/h3-9H,1-2H3,(H,22,25). The summed E-state index contributed by atoms with van der Waals surface area (Å²) in [5, 5.41) is 6.61. The number of amides is 1. The number of ketones is 1. The fourth-order valence-electron chi connectivity index (χ4n) is 2.52. The van der Waals surface area contributed by atoms with Gasteiger partial charge in [-0.1, -0.05) is 22.8 Å². The number of Topliss-reactive ketones (excluding diaryl/α,β-unsaturated/α-hetero) is 1. The van der Waals surface area contributed by atoms with Crippen molar-refractivity contribution in [3.63, 3.8) is 0 Å². The van der Waals surface area contributed by atoms with Crippen molar-refractivity contribution in [2.24, 2.45) is 0 Å². The van der Waals surface area contributed by atoms with Crippen LogP contribution >= 0.6 is 11.6 Å². The second-order valence-electron chi connectivity index (χ2n) is 5.65. The molecule has 2 aromatic carbocycles. The third kappa shape index (κ3) is 3.36. The zero-order valence-electron chi connectivity index (χ0n) is 14.0. The zero-order chi connectivity index (χ0) is 18.8. The first-order chi connectivity index (χ1) is 12.4. The van der Waals surface area contributed by atoms with Gasteiger partial charge in [0.25, 0.3) is 5.91 Å². The van der Waals surface area contributed by atoms with E-state index in [2.05, 4.69) is 10.5 Å². The van der Waals surface area contributed by atoms with Crippen molar-refractivity contribution >= 4 is 29.0 Å². The van der Waals surface area contributed by atoms with Crippen LogP contribution in [-0.2, 0) is 0 Å². The number of nitrogens with one attached hydrogen (secondary N) is 1. The number of rotatable bonds is 4. The Kier molecular flexibility index (Phi) is 4.86. The topological polar surface area (TPSA) is 72.2 Å². The van der Waals surface area contributed by atoms with Gasteiger partial charge in [0.05, 0.1) is 10.6 Å². The van der Waals surface area contributed by atoms with E-state index in [0.29, 0.717) is 11.3 Å². The summed E-state index contributed by atoms with van der Waals surface area (Å²) in [6.07, 6.45) is 0. The number of hydrogen-bond acceptors (Lipinski definition) is 4. The van der Waals surface area contributed by atoms with Crippen LogP contribution in [-0.4, -0.2) is 16.8 Å². The molecule has 5 nitrogen and oxygen atoms in total. The molecule has 1 amide bonds. The molecule has 0 spiro atoms. The van der Waals surface area contributed by atoms with Gasteiger partial charge in [-0.3, -0.25) is 9.59 Å². The lowest BCUT2D eigenvalue weighted by molar-refractivity contribution is 0.101. The Labute approximate surface area is 153 Å². The van der Waals surface area contributed by atoms with Crippen molar-refractivity contribution in [2.75, 3.05) is 5.32 Å². The SMILES string of the molecule is CC(=O)c1ccc(NC(=O)c2c(-c3c(F)cccc3Cl)noc2C)cc1. The summed E-state index contributed by atoms with van der Waals surface area (Å²) < 4.78 is 19.3. The van der Waals surface area contributed by atoms with Crippen LogP contribution in [0.25, 0.3) is 11.3 Å². The Morgan fingerprint density at radius 2 is 1.85 bits per heavy atom. The third-order valence-electron chi connectivity index (χ3n) is 3.84. The highest BCUT2D eigenvalue weighted by molar-refractivity contribution is 6.33. The fourth-order valence-corrected chi connectivity index (χ4v) is 2.77. The largest absolute Gasteiger partial charge is 0.360 e. The van der Waals surface area contributed by atoms with Crippen molar-refractivity contribution < 1.29 is 18.5 Å². The second kappa shape index (κ2) is 7.09. The van der Waals surface area contributed by atoms with Gasteiger partial charge in [-0.15, -0.1) is 0 Å². The Hall–Kier alpha value is -2.99. The first kappa shape index (κ1) is 17.8. The molecule has 132 valence electrons. The van der Waals surface area contributed by atoms with E-state index >= 15 is 0 Å². The van der Waals surface area contributed by atoms with Crippen LogP contribution in [0, 0.1) is 12.7 Å². The van der Waals surface area contributed by atoms with Crippen molar-refractivity contribution in [3.05, 3.63) is 70.2 Å². The van der Waals surface area contributed by atoms with E-state index in [9.17, 15) is 14.0 Å². The minimum Gasteiger partial charge on any atom is -0.360 e. The van der Waals surface area contributed by atoms with Crippen LogP contribution in [0.4, 0.5) is 10.1 Å². The molecule has 0 bridgehead atoms. The average molecular weight is 373 g/mol. The molecule has 7 heteroatoms. The molecule has 0 radical (unpaired) electrons. The van der Waals surface area contributed by atoms with Crippen molar-refractivity contribution in [3.8, 4) is 11.3 Å². The van der Waals surface area contributed by atoms with Gasteiger partial charge in [-0.05, 0) is 50.2 Å². The molecule has 0 saturated carbocycles. The predicted molar refractivity (Wildman–Crippen MR) is 96.0 cm³/mol. The molecule has 1 aromatic heterocycles. The van der Waals surface area contributed by atoms with Crippen molar-refractivity contribution in [1.29, 1.82) is 0 Å². The summed E-state index contributed by atoms with van der Waals surface area (Å²) in [6.45, 7) is 3.01. The smallest absolute Gasteiger partial charge is 0.261 e. The molecule has 26 heavy (non-hydrogen) atoms. The van der Waals surface area contributed by atoms with Crippen LogP contribution < -0.4 is 5.32 Å². The molecular formula is C19H14ClFN2O3. The number of benzene rings is 2. The Bertz CT molecular complexity index is 976. The van der Waals surface area contributed by atoms with Crippen LogP contribution in [0.1, 0.15) is 33.4 Å². The van der Waals surface area contributed by atoms with Gasteiger partial charge in [0.2, 0.25) is 0 Å². The maximum atomic E-state index is 14.2. The third-order valence-corrected chi connectivity index (χ3v) is 4.15. The van der Waals surface area contributed by atoms with E-state index in [1.807, 2.05) is 0 Å². The number of hydrogen-bond donors (Lipinski definition) is 1. The highest BCUT2D eigenvalue weighted by Crippen LogP contribution is 2.33. The molecule has 0 saturated heterocycles. The van der Waals surface area contributed by atoms with E-state index in [1.165, 1.54) is 25.1 Å². The van der Waals surface area contributed by atoms with E-state index < -0.39 is 11.7 Å². The molecule has 0 fully saturated rings. The van der Waals surface area contributed by atoms with E-state index in [0.717, 1.165) is 0 Å². The lowest BCUT2D eigenvalue weighted by atomic mass is 10.0. The number of carbonyl (C=O) groups is 2. The molecular weight excluding hydrogens is 359 g/mol. The summed E-state index contributed by atoms with van der Waals surface area (Å²) in [7, 11) is 0. The number of halogens is 2. The van der Waals surface area contributed by atoms with E-state index in [1.54, 1.807) is 31.2 Å². The molecule has 0 aliphatic heterocycles. The Morgan fingerprint density at radius 1 is 1.15 bits per heavy atom. The summed E-state index contributed by atoms with van der Waals surface area (Å²) in [5.74, 6) is -0.967. The first-order valence-corrected chi connectivity index (χ1v) is 8.09. The lowest BCUT2D eigenvalue weighted by Gasteiger charge is -2.08. The second-order valence-corrected chi connectivity index (χ2v) is 6.05. The minimum absolute atomic E-state index is 0.00287. The van der Waals surface area contributed by atoms with Crippen molar-refractivity contribution in [1.82, 2.24) is 5.16 Å². The van der Waals surface area contributed by atoms with Gasteiger partial charge in [-0.2, -0.15) is 0 Å². The fraction of sp³-hybridized carbons (Fsp3) is 0.105. The molecule has 3 rings (SSSR count). The molecule has 1 N–H and O–H groups in total. The quantitative estimate of drug-likeness (QED) is 0.661. The van der Waals surface area contributed by atoms with Crippen LogP contribution in [0.15, 0.2) is 47.0 Å². The van der Waals surface area contributed by atoms with Crippen LogP contribution in [0.3, 0.4) is 0 Å². The minimum atomic E-state index is -0.606. The van der Waals surface area contributed by atoms with Crippen molar-refractivity contribution in [2.45, 2.75) is 13.8 Å². The Morgan fingerprint density at radius 3 is 2.46 bits per heavy atom. The number of anilines is 1. The van der Waals surface area contributed by atoms with Gasteiger partial charge >= 0.3 is 0 Å². The molecule has 0 aliphatic rings. The monoisotopic (exact) mass is 372 g/mol. The highest BCUT2D eigenvalue weighted by atomic mass is 35.5. The summed E-state index contributed by atoms with van der Waals surface area (Å²) in [6, 6.07) is 10.6. The van der Waals surface area contributed by atoms with E-state index in [4.69, 9.17) is 16.1 Å². The van der Waals surface area contributed by atoms with E-state index in [-0.39, 0.29) is 33.4 Å². The number of aryl methyl sites for hydroxylation is 1. The van der Waals surface area contributed by atoms with Gasteiger partial charge in [-0.25, -0.2) is 4.39 Å². The molecule has 3 aromatic rings. The predicted octanol–water partition coefficient (Wildman–Crippen LogP) is 4.90. The molecule has 1 heterocycles. The molecule has 0 atom stereocenters. The number of carbonyl (C=O) groups excluding carboxylic acids is 2. The number of nitrogens with zero attached hydrogens (tertiary/aromatic N) is 1. The van der Waals surface area contributed by atoms with Crippen LogP contribution in [0.5, 0.6) is 0 Å². The lowest BCUT2D eigenvalue weighted by Crippen LogP contribution is -2.14. The van der Waals surface area contributed by atoms with Gasteiger partial charge in [0, 0.05) is 11.3 Å². The first-order valence-electron chi connectivity index (χ1n) is 7.71. The summed E-state index contributed by atoms with van der Waals surface area (Å²) >= 11 is 6.07. The summed E-state index contributed by atoms with van der Waals surface area (Å²) in [4.78, 5) is 24.0. The average Bonchev–Trinajstić information content (AvgIpc) is 2.96. The number of aromatic nitrogens is 1. The zero-order valence-corrected chi connectivity index (χ0v) is 14.7. The normalized spacial score (nSPS) is 10.6. The van der Waals surface area contributed by atoms with Gasteiger partial charge in [0.1, 0.15) is 22.8 Å². The molecule has 0 aliphatic carbocycles. The van der Waals surface area contributed by atoms with Gasteiger partial charge in [0.15, 0.2) is 5.78 Å². The van der Waals surface area contributed by atoms with Gasteiger partial charge < -0.3 is 9.84 Å². The highest BCUT2D eigenvalue weighted by Gasteiger charge is 2.25. The summed E-state index contributed by atoms with van der Waals surface area (Å²) in [5.41, 5.74) is 1.13.